The Kier molecular flexibility index (Phi) is 3.61. The molecule has 5 nitrogen and oxygen atoms in total. The van der Waals surface area contributed by atoms with Gasteiger partial charge < -0.3 is 15.3 Å². The molecule has 0 aromatic carbocycles. The van der Waals surface area contributed by atoms with Crippen molar-refractivity contribution in [2.75, 3.05) is 25.0 Å². The Morgan fingerprint density at radius 1 is 1.50 bits per heavy atom. The van der Waals surface area contributed by atoms with Gasteiger partial charge in [-0.2, -0.15) is 0 Å². The van der Waals surface area contributed by atoms with E-state index < -0.39 is 0 Å². The Morgan fingerprint density at radius 2 is 2.35 bits per heavy atom. The quantitative estimate of drug-likeness (QED) is 0.874. The van der Waals surface area contributed by atoms with Crippen molar-refractivity contribution in [3.8, 4) is 0 Å². The number of aliphatic hydroxyl groups excluding tert-OH is 1. The molecule has 0 radical (unpaired) electrons. The highest BCUT2D eigenvalue weighted by molar-refractivity contribution is 5.99. The van der Waals surface area contributed by atoms with Crippen LogP contribution in [0.2, 0.25) is 0 Å². The molecule has 1 saturated carbocycles. The summed E-state index contributed by atoms with van der Waals surface area (Å²) in [7, 11) is 0. The monoisotopic (exact) mass is 275 g/mol. The molecule has 1 aliphatic carbocycles. The van der Waals surface area contributed by atoms with E-state index in [1.807, 2.05) is 17.9 Å². The van der Waals surface area contributed by atoms with Gasteiger partial charge in [-0.15, -0.1) is 0 Å². The number of hydrogen-bond donors (Lipinski definition) is 2. The summed E-state index contributed by atoms with van der Waals surface area (Å²) in [4.78, 5) is 18.6. The van der Waals surface area contributed by atoms with Crippen molar-refractivity contribution < 1.29 is 9.90 Å². The van der Waals surface area contributed by atoms with E-state index in [9.17, 15) is 9.90 Å². The summed E-state index contributed by atoms with van der Waals surface area (Å²) >= 11 is 0. The Morgan fingerprint density at radius 3 is 3.10 bits per heavy atom. The molecular formula is C15H21N3O2. The minimum absolute atomic E-state index is 0.0238. The first-order valence-electron chi connectivity index (χ1n) is 7.36. The number of amides is 1. The fourth-order valence-electron chi connectivity index (χ4n) is 3.48. The van der Waals surface area contributed by atoms with Crippen LogP contribution < -0.4 is 5.32 Å². The van der Waals surface area contributed by atoms with Gasteiger partial charge in [-0.05, 0) is 31.7 Å². The summed E-state index contributed by atoms with van der Waals surface area (Å²) in [6.45, 7) is 4.21. The standard InChI is InChI=1S/C15H21N3O2/c1-2-17-13-5-6-16-7-11(13)15(20)18-8-10-3-4-14(19)12(10)9-18/h5-7,10,12,14,19H,2-4,8-9H2,1H3,(H,16,17). The highest BCUT2D eigenvalue weighted by Gasteiger charge is 2.43. The van der Waals surface area contributed by atoms with Gasteiger partial charge in [0.1, 0.15) is 0 Å². The van der Waals surface area contributed by atoms with E-state index in [-0.39, 0.29) is 17.9 Å². The first-order valence-corrected chi connectivity index (χ1v) is 7.36. The van der Waals surface area contributed by atoms with Crippen molar-refractivity contribution in [2.45, 2.75) is 25.9 Å². The number of pyridine rings is 1. The van der Waals surface area contributed by atoms with E-state index in [4.69, 9.17) is 0 Å². The number of carbonyl (C=O) groups is 1. The molecule has 2 fully saturated rings. The summed E-state index contributed by atoms with van der Waals surface area (Å²) < 4.78 is 0. The number of likely N-dealkylation sites (tertiary alicyclic amines) is 1. The molecule has 1 saturated heterocycles. The van der Waals surface area contributed by atoms with Crippen molar-refractivity contribution in [1.29, 1.82) is 0 Å². The number of hydrogen-bond acceptors (Lipinski definition) is 4. The lowest BCUT2D eigenvalue weighted by Gasteiger charge is -2.20. The molecule has 2 aliphatic rings. The van der Waals surface area contributed by atoms with Gasteiger partial charge in [0, 0.05) is 37.9 Å². The minimum atomic E-state index is -0.236. The van der Waals surface area contributed by atoms with Crippen LogP contribution in [0.1, 0.15) is 30.1 Å². The smallest absolute Gasteiger partial charge is 0.257 e. The first-order chi connectivity index (χ1) is 9.70. The number of aromatic nitrogens is 1. The van der Waals surface area contributed by atoms with Gasteiger partial charge in [0.25, 0.3) is 5.91 Å². The second-order valence-electron chi connectivity index (χ2n) is 5.73. The van der Waals surface area contributed by atoms with Crippen molar-refractivity contribution >= 4 is 11.6 Å². The van der Waals surface area contributed by atoms with Crippen molar-refractivity contribution in [2.24, 2.45) is 11.8 Å². The van der Waals surface area contributed by atoms with Crippen LogP contribution in [-0.4, -0.2) is 46.6 Å². The van der Waals surface area contributed by atoms with Crippen LogP contribution in [-0.2, 0) is 0 Å². The lowest BCUT2D eigenvalue weighted by molar-refractivity contribution is 0.0753. The van der Waals surface area contributed by atoms with Crippen LogP contribution in [0.4, 0.5) is 5.69 Å². The third-order valence-corrected chi connectivity index (χ3v) is 4.52. The maximum Gasteiger partial charge on any atom is 0.257 e. The number of fused-ring (bicyclic) bond motifs is 1. The van der Waals surface area contributed by atoms with Gasteiger partial charge in [-0.1, -0.05) is 0 Å². The van der Waals surface area contributed by atoms with Gasteiger partial charge in [0.05, 0.1) is 17.4 Å². The molecule has 1 aliphatic heterocycles. The molecule has 1 aromatic heterocycles. The molecule has 3 unspecified atom stereocenters. The molecular weight excluding hydrogens is 254 g/mol. The third-order valence-electron chi connectivity index (χ3n) is 4.52. The fraction of sp³-hybridized carbons (Fsp3) is 0.600. The van der Waals surface area contributed by atoms with Crippen LogP contribution >= 0.6 is 0 Å². The predicted octanol–water partition coefficient (Wildman–Crippen LogP) is 1.36. The molecule has 20 heavy (non-hydrogen) atoms. The summed E-state index contributed by atoms with van der Waals surface area (Å²) in [6.07, 6.45) is 5.00. The molecule has 1 aromatic rings. The van der Waals surface area contributed by atoms with Gasteiger partial charge in [-0.25, -0.2) is 0 Å². The average Bonchev–Trinajstić information content (AvgIpc) is 3.02. The van der Waals surface area contributed by atoms with E-state index in [1.165, 1.54) is 0 Å². The van der Waals surface area contributed by atoms with Gasteiger partial charge in [0.2, 0.25) is 0 Å². The molecule has 0 bridgehead atoms. The molecule has 2 heterocycles. The zero-order valence-corrected chi connectivity index (χ0v) is 11.7. The predicted molar refractivity (Wildman–Crippen MR) is 76.5 cm³/mol. The molecule has 1 amide bonds. The third kappa shape index (κ3) is 2.26. The summed E-state index contributed by atoms with van der Waals surface area (Å²) in [6, 6.07) is 1.84. The first kappa shape index (κ1) is 13.4. The van der Waals surface area contributed by atoms with Crippen LogP contribution in [0.3, 0.4) is 0 Å². The maximum absolute atomic E-state index is 12.6. The van der Waals surface area contributed by atoms with Crippen LogP contribution in [0.5, 0.6) is 0 Å². The number of nitrogens with zero attached hydrogens (tertiary/aromatic N) is 2. The molecule has 2 N–H and O–H groups in total. The van der Waals surface area contributed by atoms with E-state index in [0.717, 1.165) is 31.6 Å². The fourth-order valence-corrected chi connectivity index (χ4v) is 3.48. The topological polar surface area (TPSA) is 65.5 Å². The number of carbonyl (C=O) groups excluding carboxylic acids is 1. The largest absolute Gasteiger partial charge is 0.393 e. The van der Waals surface area contributed by atoms with Gasteiger partial charge in [-0.3, -0.25) is 9.78 Å². The van der Waals surface area contributed by atoms with Gasteiger partial charge in [0.15, 0.2) is 0 Å². The summed E-state index contributed by atoms with van der Waals surface area (Å²) in [5.74, 6) is 0.752. The van der Waals surface area contributed by atoms with Crippen LogP contribution in [0.25, 0.3) is 0 Å². The van der Waals surface area contributed by atoms with E-state index in [1.54, 1.807) is 12.4 Å². The SMILES string of the molecule is CCNc1ccncc1C(=O)N1CC2CCC(O)C2C1. The van der Waals surface area contributed by atoms with E-state index >= 15 is 0 Å². The van der Waals surface area contributed by atoms with E-state index in [0.29, 0.717) is 18.0 Å². The summed E-state index contributed by atoms with van der Waals surface area (Å²) in [5.41, 5.74) is 1.47. The Bertz CT molecular complexity index is 506. The molecule has 5 heteroatoms. The molecule has 108 valence electrons. The molecule has 0 spiro atoms. The number of aliphatic hydroxyl groups is 1. The van der Waals surface area contributed by atoms with Crippen LogP contribution in [0.15, 0.2) is 18.5 Å². The Balaban J connectivity index is 1.77. The zero-order valence-electron chi connectivity index (χ0n) is 11.7. The number of nitrogens with one attached hydrogen (secondary N) is 1. The molecule has 3 rings (SSSR count). The normalized spacial score (nSPS) is 28.5. The Hall–Kier alpha value is -1.62. The maximum atomic E-state index is 12.6. The Labute approximate surface area is 119 Å². The highest BCUT2D eigenvalue weighted by atomic mass is 16.3. The second kappa shape index (κ2) is 5.40. The average molecular weight is 275 g/mol. The number of rotatable bonds is 3. The lowest BCUT2D eigenvalue weighted by atomic mass is 10.00. The summed E-state index contributed by atoms with van der Waals surface area (Å²) in [5, 5.41) is 13.1. The van der Waals surface area contributed by atoms with Crippen LogP contribution in [0, 0.1) is 11.8 Å². The number of anilines is 1. The highest BCUT2D eigenvalue weighted by Crippen LogP contribution is 2.38. The van der Waals surface area contributed by atoms with E-state index in [2.05, 4.69) is 10.3 Å². The lowest BCUT2D eigenvalue weighted by Crippen LogP contribution is -2.31. The zero-order chi connectivity index (χ0) is 14.1. The second-order valence-corrected chi connectivity index (χ2v) is 5.73. The van der Waals surface area contributed by atoms with Crippen molar-refractivity contribution in [3.63, 3.8) is 0 Å². The van der Waals surface area contributed by atoms with Crippen molar-refractivity contribution in [3.05, 3.63) is 24.0 Å². The molecule has 3 atom stereocenters. The minimum Gasteiger partial charge on any atom is -0.393 e. The van der Waals surface area contributed by atoms with Crippen molar-refractivity contribution in [1.82, 2.24) is 9.88 Å². The van der Waals surface area contributed by atoms with Gasteiger partial charge >= 0.3 is 0 Å².